The molecule has 0 amide bonds. The van der Waals surface area contributed by atoms with Gasteiger partial charge in [-0.05, 0) is 60.6 Å². The summed E-state index contributed by atoms with van der Waals surface area (Å²) in [6.45, 7) is 0. The highest BCUT2D eigenvalue weighted by Crippen LogP contribution is 2.50. The summed E-state index contributed by atoms with van der Waals surface area (Å²) in [5, 5.41) is 7.86. The third-order valence-corrected chi connectivity index (χ3v) is 12.9. The minimum atomic E-state index is -0.777. The summed E-state index contributed by atoms with van der Waals surface area (Å²) in [6.07, 6.45) is 0. The Bertz CT molecular complexity index is 1660. The molecule has 192 valence electrons. The standard InChI is InChI=1S/C36H26OP2S/c1-5-14-27(15-6-1)38(28-16-7-2-8-17-28)31-24-25-34-32(26-31)37-36-33(22-13-23-35(36)40-34)39(29-18-9-3-10-19-29)30-20-11-4-12-21-30/h1-26H. The molecule has 1 heterocycles. The first kappa shape index (κ1) is 25.3. The fourth-order valence-corrected chi connectivity index (χ4v) is 10.8. The second-order valence-corrected chi connectivity index (χ2v) is 14.9. The van der Waals surface area contributed by atoms with Gasteiger partial charge in [0.1, 0.15) is 11.5 Å². The lowest BCUT2D eigenvalue weighted by molar-refractivity contribution is 0.459. The molecule has 0 atom stereocenters. The van der Waals surface area contributed by atoms with Crippen LogP contribution in [0, 0.1) is 0 Å². The molecular formula is C36H26OP2S. The number of ether oxygens (including phenoxy) is 1. The van der Waals surface area contributed by atoms with Crippen molar-refractivity contribution in [1.82, 2.24) is 0 Å². The van der Waals surface area contributed by atoms with Crippen LogP contribution in [-0.4, -0.2) is 0 Å². The van der Waals surface area contributed by atoms with E-state index in [2.05, 4.69) is 158 Å². The number of rotatable bonds is 6. The zero-order valence-electron chi connectivity index (χ0n) is 21.7. The van der Waals surface area contributed by atoms with Crippen LogP contribution in [-0.2, 0) is 0 Å². The highest BCUT2D eigenvalue weighted by Gasteiger charge is 2.28. The van der Waals surface area contributed by atoms with Gasteiger partial charge in [-0.3, -0.25) is 0 Å². The molecule has 0 aliphatic carbocycles. The van der Waals surface area contributed by atoms with Gasteiger partial charge in [0.25, 0.3) is 0 Å². The maximum Gasteiger partial charge on any atom is 0.149 e. The molecule has 0 radical (unpaired) electrons. The number of fused-ring (bicyclic) bond motifs is 2. The van der Waals surface area contributed by atoms with Crippen LogP contribution in [0.4, 0.5) is 0 Å². The molecule has 0 N–H and O–H groups in total. The van der Waals surface area contributed by atoms with Gasteiger partial charge in [0.15, 0.2) is 0 Å². The quantitative estimate of drug-likeness (QED) is 0.193. The Hall–Kier alpha value is -3.67. The molecule has 1 aliphatic heterocycles. The number of benzene rings is 6. The minimum absolute atomic E-state index is 0.706. The first-order valence-electron chi connectivity index (χ1n) is 13.3. The van der Waals surface area contributed by atoms with E-state index in [0.717, 1.165) is 16.4 Å². The van der Waals surface area contributed by atoms with E-state index >= 15 is 0 Å². The zero-order valence-corrected chi connectivity index (χ0v) is 24.3. The van der Waals surface area contributed by atoms with Crippen molar-refractivity contribution >= 4 is 59.4 Å². The van der Waals surface area contributed by atoms with E-state index in [1.54, 1.807) is 0 Å². The highest BCUT2D eigenvalue weighted by molar-refractivity contribution is 7.99. The van der Waals surface area contributed by atoms with Gasteiger partial charge in [-0.15, -0.1) is 0 Å². The molecule has 0 spiro atoms. The summed E-state index contributed by atoms with van der Waals surface area (Å²) in [6, 6.07) is 56.8. The SMILES string of the molecule is c1ccc(P(c2ccccc2)c2ccc3c(c2)Oc2c(cccc2P(c2ccccc2)c2ccccc2)S3)cc1. The highest BCUT2D eigenvalue weighted by atomic mass is 32.2. The molecule has 0 bridgehead atoms. The summed E-state index contributed by atoms with van der Waals surface area (Å²) in [5.41, 5.74) is 0. The lowest BCUT2D eigenvalue weighted by Gasteiger charge is -2.28. The van der Waals surface area contributed by atoms with Gasteiger partial charge < -0.3 is 4.74 Å². The van der Waals surface area contributed by atoms with Crippen molar-refractivity contribution in [3.05, 3.63) is 158 Å². The summed E-state index contributed by atoms with van der Waals surface area (Å²) in [4.78, 5) is 2.33. The average Bonchev–Trinajstić information content (AvgIpc) is 3.03. The fraction of sp³-hybridized carbons (Fsp3) is 0. The van der Waals surface area contributed by atoms with E-state index in [-0.39, 0.29) is 0 Å². The van der Waals surface area contributed by atoms with Gasteiger partial charge >= 0.3 is 0 Å². The molecule has 0 saturated carbocycles. The van der Waals surface area contributed by atoms with Crippen LogP contribution in [0.5, 0.6) is 11.5 Å². The van der Waals surface area contributed by atoms with Crippen LogP contribution in [0.3, 0.4) is 0 Å². The third kappa shape index (κ3) is 5.00. The molecule has 0 fully saturated rings. The minimum Gasteiger partial charge on any atom is -0.454 e. The molecule has 0 aromatic heterocycles. The smallest absolute Gasteiger partial charge is 0.149 e. The Morgan fingerprint density at radius 3 is 1.43 bits per heavy atom. The predicted molar refractivity (Wildman–Crippen MR) is 174 cm³/mol. The Labute approximate surface area is 242 Å². The van der Waals surface area contributed by atoms with E-state index in [9.17, 15) is 0 Å². The molecule has 0 saturated heterocycles. The molecular weight excluding hydrogens is 542 g/mol. The van der Waals surface area contributed by atoms with Crippen molar-refractivity contribution < 1.29 is 4.74 Å². The molecule has 40 heavy (non-hydrogen) atoms. The van der Waals surface area contributed by atoms with Crippen LogP contribution >= 0.6 is 27.6 Å². The van der Waals surface area contributed by atoms with Crippen molar-refractivity contribution in [1.29, 1.82) is 0 Å². The third-order valence-electron chi connectivity index (χ3n) is 6.87. The van der Waals surface area contributed by atoms with E-state index in [1.807, 2.05) is 11.8 Å². The first-order valence-corrected chi connectivity index (χ1v) is 16.8. The molecule has 4 heteroatoms. The van der Waals surface area contributed by atoms with Crippen LogP contribution < -0.4 is 36.6 Å². The van der Waals surface area contributed by atoms with Gasteiger partial charge in [0.2, 0.25) is 0 Å². The Morgan fingerprint density at radius 1 is 0.400 bits per heavy atom. The fourth-order valence-electron chi connectivity index (χ4n) is 5.07. The molecule has 1 aliphatic rings. The summed E-state index contributed by atoms with van der Waals surface area (Å²) in [7, 11) is -1.48. The first-order chi connectivity index (χ1) is 19.8. The van der Waals surface area contributed by atoms with E-state index in [4.69, 9.17) is 4.74 Å². The van der Waals surface area contributed by atoms with E-state index in [1.165, 1.54) is 36.7 Å². The molecule has 0 unspecified atom stereocenters. The van der Waals surface area contributed by atoms with Crippen LogP contribution in [0.1, 0.15) is 0 Å². The van der Waals surface area contributed by atoms with Crippen molar-refractivity contribution in [3.8, 4) is 11.5 Å². The normalized spacial score (nSPS) is 12.1. The number of hydrogen-bond acceptors (Lipinski definition) is 2. The van der Waals surface area contributed by atoms with Crippen LogP contribution in [0.2, 0.25) is 0 Å². The van der Waals surface area contributed by atoms with E-state index < -0.39 is 15.8 Å². The topological polar surface area (TPSA) is 9.23 Å². The van der Waals surface area contributed by atoms with Gasteiger partial charge in [-0.2, -0.15) is 0 Å². The van der Waals surface area contributed by atoms with Crippen molar-refractivity contribution in [3.63, 3.8) is 0 Å². The Balaban J connectivity index is 1.33. The molecule has 1 nitrogen and oxygen atoms in total. The lowest BCUT2D eigenvalue weighted by Crippen LogP contribution is -2.23. The second kappa shape index (κ2) is 11.4. The van der Waals surface area contributed by atoms with Gasteiger partial charge in [0.05, 0.1) is 9.79 Å². The lowest BCUT2D eigenvalue weighted by atomic mass is 10.3. The second-order valence-electron chi connectivity index (χ2n) is 9.45. The van der Waals surface area contributed by atoms with E-state index in [0.29, 0.717) is 0 Å². The maximum absolute atomic E-state index is 6.90. The molecule has 6 aromatic carbocycles. The zero-order chi connectivity index (χ0) is 26.7. The summed E-state index contributed by atoms with van der Waals surface area (Å²) >= 11 is 1.81. The van der Waals surface area contributed by atoms with Crippen molar-refractivity contribution in [2.75, 3.05) is 0 Å². The van der Waals surface area contributed by atoms with Gasteiger partial charge in [-0.25, -0.2) is 0 Å². The Kier molecular flexibility index (Phi) is 7.24. The average molecular weight is 569 g/mol. The van der Waals surface area contributed by atoms with Crippen molar-refractivity contribution in [2.45, 2.75) is 9.79 Å². The summed E-state index contributed by atoms with van der Waals surface area (Å²) in [5.74, 6) is 1.93. The van der Waals surface area contributed by atoms with Gasteiger partial charge in [0, 0.05) is 5.30 Å². The monoisotopic (exact) mass is 568 g/mol. The van der Waals surface area contributed by atoms with Gasteiger partial charge in [-0.1, -0.05) is 151 Å². The van der Waals surface area contributed by atoms with Crippen LogP contribution in [0.15, 0.2) is 168 Å². The number of hydrogen-bond donors (Lipinski definition) is 0. The Morgan fingerprint density at radius 2 is 0.900 bits per heavy atom. The molecule has 7 rings (SSSR count). The molecule has 6 aromatic rings. The van der Waals surface area contributed by atoms with Crippen LogP contribution in [0.25, 0.3) is 0 Å². The largest absolute Gasteiger partial charge is 0.454 e. The predicted octanol–water partition coefficient (Wildman–Crippen LogP) is 7.46. The number of para-hydroxylation sites is 1. The maximum atomic E-state index is 6.90. The van der Waals surface area contributed by atoms with Crippen molar-refractivity contribution in [2.24, 2.45) is 0 Å². The summed E-state index contributed by atoms with van der Waals surface area (Å²) < 4.78 is 6.90.